The Labute approximate surface area is 119 Å². The minimum atomic E-state index is 0.517. The van der Waals surface area contributed by atoms with Crippen LogP contribution in [-0.2, 0) is 0 Å². The number of aromatic nitrogens is 1. The van der Waals surface area contributed by atoms with E-state index in [0.29, 0.717) is 11.7 Å². The van der Waals surface area contributed by atoms with Crippen LogP contribution in [0.4, 0.5) is 0 Å². The van der Waals surface area contributed by atoms with E-state index in [1.807, 2.05) is 26.0 Å². The van der Waals surface area contributed by atoms with E-state index in [0.717, 1.165) is 11.5 Å². The zero-order valence-electron chi connectivity index (χ0n) is 13.3. The van der Waals surface area contributed by atoms with Crippen molar-refractivity contribution in [2.45, 2.75) is 59.9 Å². The van der Waals surface area contributed by atoms with Crippen LogP contribution in [0.25, 0.3) is 5.70 Å². The summed E-state index contributed by atoms with van der Waals surface area (Å²) in [5.74, 6) is 0.811. The third kappa shape index (κ3) is 6.42. The fourth-order valence-electron chi connectivity index (χ4n) is 1.84. The van der Waals surface area contributed by atoms with Gasteiger partial charge in [-0.2, -0.15) is 0 Å². The van der Waals surface area contributed by atoms with Crippen molar-refractivity contribution in [1.29, 1.82) is 0 Å². The molecule has 2 unspecified atom stereocenters. The summed E-state index contributed by atoms with van der Waals surface area (Å²) in [6.45, 7) is 14.6. The van der Waals surface area contributed by atoms with Crippen molar-refractivity contribution in [3.63, 3.8) is 0 Å². The van der Waals surface area contributed by atoms with Gasteiger partial charge in [-0.15, -0.1) is 0 Å². The van der Waals surface area contributed by atoms with Crippen molar-refractivity contribution in [2.24, 2.45) is 11.7 Å². The molecule has 1 rings (SSSR count). The first kappa shape index (κ1) is 17.7. The Morgan fingerprint density at radius 3 is 2.47 bits per heavy atom. The Morgan fingerprint density at radius 1 is 1.32 bits per heavy atom. The summed E-state index contributed by atoms with van der Waals surface area (Å²) in [4.78, 5) is 0. The summed E-state index contributed by atoms with van der Waals surface area (Å²) in [5.41, 5.74) is 7.37. The molecule has 0 aromatic carbocycles. The SMILES string of the molecule is C=C(N)c1ccc[n+](C(C)CCC(C)CC)c1.CC. The normalized spacial score (nSPS) is 13.1. The molecule has 1 heterocycles. The second-order valence-electron chi connectivity index (χ2n) is 5.00. The molecule has 2 heteroatoms. The summed E-state index contributed by atoms with van der Waals surface area (Å²) < 4.78 is 2.23. The maximum atomic E-state index is 5.72. The highest BCUT2D eigenvalue weighted by atomic mass is 15.0. The molecule has 1 aromatic rings. The first-order valence-corrected chi connectivity index (χ1v) is 7.50. The fraction of sp³-hybridized carbons (Fsp3) is 0.588. The minimum Gasteiger partial charge on any atom is -0.399 e. The second kappa shape index (κ2) is 9.60. The van der Waals surface area contributed by atoms with Crippen LogP contribution in [0.5, 0.6) is 0 Å². The first-order valence-electron chi connectivity index (χ1n) is 7.50. The summed E-state index contributed by atoms with van der Waals surface area (Å²) >= 11 is 0. The molecule has 0 aliphatic carbocycles. The van der Waals surface area contributed by atoms with E-state index >= 15 is 0 Å². The van der Waals surface area contributed by atoms with Crippen molar-refractivity contribution in [3.8, 4) is 0 Å². The van der Waals surface area contributed by atoms with Gasteiger partial charge < -0.3 is 5.73 Å². The molecule has 0 amide bonds. The van der Waals surface area contributed by atoms with Gasteiger partial charge in [0.05, 0.1) is 5.56 Å². The van der Waals surface area contributed by atoms with Gasteiger partial charge in [-0.05, 0) is 25.3 Å². The summed E-state index contributed by atoms with van der Waals surface area (Å²) in [6, 6.07) is 4.55. The van der Waals surface area contributed by atoms with E-state index in [4.69, 9.17) is 5.73 Å². The third-order valence-corrected chi connectivity index (χ3v) is 3.48. The van der Waals surface area contributed by atoms with Crippen LogP contribution in [0.1, 0.15) is 65.5 Å². The maximum absolute atomic E-state index is 5.72. The van der Waals surface area contributed by atoms with Crippen molar-refractivity contribution in [3.05, 3.63) is 36.7 Å². The topological polar surface area (TPSA) is 29.9 Å². The average molecular weight is 263 g/mol. The lowest BCUT2D eigenvalue weighted by molar-refractivity contribution is -0.720. The van der Waals surface area contributed by atoms with Crippen molar-refractivity contribution in [2.75, 3.05) is 0 Å². The van der Waals surface area contributed by atoms with Crippen LogP contribution in [0.15, 0.2) is 31.1 Å². The molecule has 1 aromatic heterocycles. The van der Waals surface area contributed by atoms with Gasteiger partial charge in [-0.3, -0.25) is 0 Å². The summed E-state index contributed by atoms with van der Waals surface area (Å²) in [6.07, 6.45) is 7.94. The summed E-state index contributed by atoms with van der Waals surface area (Å²) in [7, 11) is 0. The lowest BCUT2D eigenvalue weighted by atomic mass is 10.00. The number of pyridine rings is 1. The standard InChI is InChI=1S/C15H25N2.C2H6/c1-5-12(2)8-9-13(3)17-10-6-7-15(11-17)14(4)16;1-2/h6-7,10-13H,4-5,8-9,16H2,1-3H3;1-2H3/q+1;. The van der Waals surface area contributed by atoms with Crippen LogP contribution in [0.2, 0.25) is 0 Å². The number of hydrogen-bond donors (Lipinski definition) is 1. The molecule has 108 valence electrons. The molecule has 2 atom stereocenters. The fourth-order valence-corrected chi connectivity index (χ4v) is 1.84. The van der Waals surface area contributed by atoms with Crippen LogP contribution >= 0.6 is 0 Å². The zero-order chi connectivity index (χ0) is 14.8. The van der Waals surface area contributed by atoms with Crippen LogP contribution in [0.3, 0.4) is 0 Å². The smallest absolute Gasteiger partial charge is 0.178 e. The number of hydrogen-bond acceptors (Lipinski definition) is 1. The van der Waals surface area contributed by atoms with E-state index in [1.54, 1.807) is 0 Å². The van der Waals surface area contributed by atoms with Gasteiger partial charge in [-0.25, -0.2) is 4.57 Å². The van der Waals surface area contributed by atoms with Crippen molar-refractivity contribution < 1.29 is 4.57 Å². The molecule has 2 nitrogen and oxygen atoms in total. The molecule has 0 bridgehead atoms. The average Bonchev–Trinajstić information content (AvgIpc) is 2.46. The van der Waals surface area contributed by atoms with Gasteiger partial charge >= 0.3 is 0 Å². The molecule has 0 aliphatic rings. The van der Waals surface area contributed by atoms with Gasteiger partial charge in [0.1, 0.15) is 0 Å². The highest BCUT2D eigenvalue weighted by molar-refractivity contribution is 5.58. The van der Waals surface area contributed by atoms with Crippen LogP contribution < -0.4 is 10.3 Å². The van der Waals surface area contributed by atoms with E-state index in [1.165, 1.54) is 19.3 Å². The second-order valence-corrected chi connectivity index (χ2v) is 5.00. The van der Waals surface area contributed by atoms with E-state index in [2.05, 4.69) is 44.3 Å². The predicted octanol–water partition coefficient (Wildman–Crippen LogP) is 4.32. The van der Waals surface area contributed by atoms with Gasteiger partial charge in [0.2, 0.25) is 0 Å². The molecule has 0 radical (unpaired) electrons. The lowest BCUT2D eigenvalue weighted by Crippen LogP contribution is -2.37. The van der Waals surface area contributed by atoms with Crippen molar-refractivity contribution >= 4 is 5.70 Å². The molecule has 0 fully saturated rings. The molecule has 0 saturated carbocycles. The number of nitrogens with zero attached hydrogens (tertiary/aromatic N) is 1. The monoisotopic (exact) mass is 263 g/mol. The molecular weight excluding hydrogens is 232 g/mol. The Bertz CT molecular complexity index is 371. The minimum absolute atomic E-state index is 0.517. The lowest BCUT2D eigenvalue weighted by Gasteiger charge is -2.11. The Kier molecular flexibility index (Phi) is 8.94. The largest absolute Gasteiger partial charge is 0.399 e. The molecule has 19 heavy (non-hydrogen) atoms. The first-order chi connectivity index (χ1) is 9.04. The molecular formula is C17H31N2+. The van der Waals surface area contributed by atoms with E-state index < -0.39 is 0 Å². The predicted molar refractivity (Wildman–Crippen MR) is 84.6 cm³/mol. The maximum Gasteiger partial charge on any atom is 0.178 e. The number of rotatable bonds is 6. The zero-order valence-corrected chi connectivity index (χ0v) is 13.3. The van der Waals surface area contributed by atoms with Crippen LogP contribution in [-0.4, -0.2) is 0 Å². The quantitative estimate of drug-likeness (QED) is 0.761. The van der Waals surface area contributed by atoms with Crippen LogP contribution in [0, 0.1) is 5.92 Å². The molecule has 0 spiro atoms. The van der Waals surface area contributed by atoms with Gasteiger partial charge in [0, 0.05) is 18.2 Å². The van der Waals surface area contributed by atoms with Gasteiger partial charge in [0.25, 0.3) is 0 Å². The highest BCUT2D eigenvalue weighted by Crippen LogP contribution is 2.15. The highest BCUT2D eigenvalue weighted by Gasteiger charge is 2.14. The Balaban J connectivity index is 0.00000154. The van der Waals surface area contributed by atoms with Gasteiger partial charge in [-0.1, -0.05) is 40.7 Å². The van der Waals surface area contributed by atoms with E-state index in [-0.39, 0.29) is 0 Å². The van der Waals surface area contributed by atoms with Gasteiger partial charge in [0.15, 0.2) is 18.4 Å². The Morgan fingerprint density at radius 2 is 1.95 bits per heavy atom. The summed E-state index contributed by atoms with van der Waals surface area (Å²) in [5, 5.41) is 0. The Hall–Kier alpha value is -1.31. The van der Waals surface area contributed by atoms with Crippen molar-refractivity contribution in [1.82, 2.24) is 0 Å². The third-order valence-electron chi connectivity index (χ3n) is 3.48. The molecule has 0 aliphatic heterocycles. The molecule has 0 saturated heterocycles. The van der Waals surface area contributed by atoms with E-state index in [9.17, 15) is 0 Å². The number of nitrogens with two attached hydrogens (primary N) is 1. The molecule has 2 N–H and O–H groups in total.